The SMILES string of the molecule is CC.C[C@H]1COSO1. The van der Waals surface area contributed by atoms with E-state index in [1.54, 1.807) is 0 Å². The van der Waals surface area contributed by atoms with E-state index in [0.717, 1.165) is 18.9 Å². The molecule has 1 aliphatic heterocycles. The van der Waals surface area contributed by atoms with Crippen LogP contribution in [0.5, 0.6) is 0 Å². The third-order valence-electron chi connectivity index (χ3n) is 0.554. The maximum absolute atomic E-state index is 4.85. The van der Waals surface area contributed by atoms with Gasteiger partial charge in [0.1, 0.15) is 0 Å². The van der Waals surface area contributed by atoms with E-state index in [0.29, 0.717) is 0 Å². The van der Waals surface area contributed by atoms with Gasteiger partial charge in [0.15, 0.2) is 12.3 Å². The molecule has 0 aromatic rings. The summed E-state index contributed by atoms with van der Waals surface area (Å²) in [6.45, 7) is 6.70. The third kappa shape index (κ3) is 3.29. The summed E-state index contributed by atoms with van der Waals surface area (Å²) in [5.74, 6) is 0. The predicted molar refractivity (Wildman–Crippen MR) is 35.4 cm³/mol. The molecule has 0 aromatic carbocycles. The summed E-state index contributed by atoms with van der Waals surface area (Å²) in [6.07, 6.45) is 0.287. The Morgan fingerprint density at radius 2 is 2.12 bits per heavy atom. The molecule has 8 heavy (non-hydrogen) atoms. The maximum atomic E-state index is 4.85. The Bertz CT molecular complexity index is 43.7. The van der Waals surface area contributed by atoms with Crippen molar-refractivity contribution in [3.05, 3.63) is 0 Å². The van der Waals surface area contributed by atoms with Crippen molar-refractivity contribution in [1.29, 1.82) is 0 Å². The number of hydrogen-bond acceptors (Lipinski definition) is 3. The van der Waals surface area contributed by atoms with Crippen molar-refractivity contribution in [2.45, 2.75) is 26.9 Å². The Morgan fingerprint density at radius 3 is 2.25 bits per heavy atom. The van der Waals surface area contributed by atoms with Crippen LogP contribution in [0.1, 0.15) is 20.8 Å². The molecule has 0 saturated carbocycles. The standard InChI is InChI=1S/C3H6O2S.C2H6/c1-3-2-4-6-5-3;1-2/h3H,2H2,1H3;1-2H3/t3-;/m0./s1. The van der Waals surface area contributed by atoms with Gasteiger partial charge in [0.2, 0.25) is 0 Å². The van der Waals surface area contributed by atoms with Gasteiger partial charge in [-0.1, -0.05) is 13.8 Å². The van der Waals surface area contributed by atoms with Crippen LogP contribution in [0, 0.1) is 0 Å². The summed E-state index contributed by atoms with van der Waals surface area (Å²) in [7, 11) is 0. The fourth-order valence-corrected chi connectivity index (χ4v) is 0.739. The summed E-state index contributed by atoms with van der Waals surface area (Å²) in [5, 5.41) is 0. The average Bonchev–Trinajstić information content (AvgIpc) is 2.24. The average molecular weight is 136 g/mol. The van der Waals surface area contributed by atoms with Crippen molar-refractivity contribution >= 4 is 12.3 Å². The number of hydrogen-bond donors (Lipinski definition) is 0. The Kier molecular flexibility index (Phi) is 5.59. The van der Waals surface area contributed by atoms with Crippen molar-refractivity contribution in [2.24, 2.45) is 0 Å². The van der Waals surface area contributed by atoms with E-state index in [-0.39, 0.29) is 6.10 Å². The zero-order chi connectivity index (χ0) is 6.41. The second-order valence-electron chi connectivity index (χ2n) is 1.26. The molecule has 50 valence electrons. The molecule has 1 heterocycles. The second kappa shape index (κ2) is 5.41. The molecule has 1 atom stereocenters. The van der Waals surface area contributed by atoms with Gasteiger partial charge in [-0.3, -0.25) is 8.37 Å². The first kappa shape index (κ1) is 8.27. The van der Waals surface area contributed by atoms with E-state index in [9.17, 15) is 0 Å². The molecular weight excluding hydrogens is 124 g/mol. The van der Waals surface area contributed by atoms with E-state index in [4.69, 9.17) is 8.37 Å². The Hall–Kier alpha value is 0.270. The van der Waals surface area contributed by atoms with Crippen LogP contribution >= 0.6 is 12.3 Å². The molecule has 0 aliphatic carbocycles. The fourth-order valence-electron chi connectivity index (χ4n) is 0.246. The Morgan fingerprint density at radius 1 is 1.50 bits per heavy atom. The molecule has 1 aliphatic rings. The lowest BCUT2D eigenvalue weighted by Crippen LogP contribution is -1.99. The summed E-state index contributed by atoms with van der Waals surface area (Å²) >= 11 is 1.08. The highest BCUT2D eigenvalue weighted by atomic mass is 32.2. The van der Waals surface area contributed by atoms with E-state index in [2.05, 4.69) is 0 Å². The van der Waals surface area contributed by atoms with Crippen molar-refractivity contribution in [1.82, 2.24) is 0 Å². The van der Waals surface area contributed by atoms with Gasteiger partial charge in [-0.15, -0.1) is 0 Å². The highest BCUT2D eigenvalue weighted by Crippen LogP contribution is 2.17. The smallest absolute Gasteiger partial charge is 0.159 e. The van der Waals surface area contributed by atoms with Crippen LogP contribution in [0.3, 0.4) is 0 Å². The minimum atomic E-state index is 0.287. The zero-order valence-electron chi connectivity index (χ0n) is 5.51. The molecule has 1 rings (SSSR count). The predicted octanol–water partition coefficient (Wildman–Crippen LogP) is 2.01. The monoisotopic (exact) mass is 136 g/mol. The zero-order valence-corrected chi connectivity index (χ0v) is 6.33. The van der Waals surface area contributed by atoms with Crippen LogP contribution < -0.4 is 0 Å². The number of rotatable bonds is 0. The van der Waals surface area contributed by atoms with Gasteiger partial charge in [-0.25, -0.2) is 0 Å². The van der Waals surface area contributed by atoms with Crippen LogP contribution in [0.4, 0.5) is 0 Å². The first-order valence-electron chi connectivity index (χ1n) is 2.84. The Balaban J connectivity index is 0.000000222. The van der Waals surface area contributed by atoms with Gasteiger partial charge in [0, 0.05) is 0 Å². The maximum Gasteiger partial charge on any atom is 0.159 e. The molecular formula is C5H12O2S. The molecule has 0 amide bonds. The minimum Gasteiger partial charge on any atom is -0.289 e. The van der Waals surface area contributed by atoms with Crippen LogP contribution in [-0.4, -0.2) is 12.7 Å². The molecule has 2 nitrogen and oxygen atoms in total. The van der Waals surface area contributed by atoms with Crippen LogP contribution in [-0.2, 0) is 8.37 Å². The molecule has 0 bridgehead atoms. The highest BCUT2D eigenvalue weighted by Gasteiger charge is 2.10. The van der Waals surface area contributed by atoms with Gasteiger partial charge >= 0.3 is 0 Å². The van der Waals surface area contributed by atoms with Gasteiger partial charge in [0.05, 0.1) is 12.7 Å². The summed E-state index contributed by atoms with van der Waals surface area (Å²) in [4.78, 5) is 0. The van der Waals surface area contributed by atoms with Crippen molar-refractivity contribution in [3.63, 3.8) is 0 Å². The molecule has 3 heteroatoms. The first-order valence-corrected chi connectivity index (χ1v) is 3.51. The largest absolute Gasteiger partial charge is 0.289 e. The van der Waals surface area contributed by atoms with E-state index >= 15 is 0 Å². The van der Waals surface area contributed by atoms with Crippen LogP contribution in [0.15, 0.2) is 0 Å². The molecule has 0 N–H and O–H groups in total. The quantitative estimate of drug-likeness (QED) is 0.475. The summed E-state index contributed by atoms with van der Waals surface area (Å²) in [6, 6.07) is 0. The fraction of sp³-hybridized carbons (Fsp3) is 1.00. The molecule has 0 radical (unpaired) electrons. The second-order valence-corrected chi connectivity index (χ2v) is 1.82. The Labute approximate surface area is 55.0 Å². The van der Waals surface area contributed by atoms with Crippen molar-refractivity contribution in [3.8, 4) is 0 Å². The molecule has 0 aromatic heterocycles. The summed E-state index contributed by atoms with van der Waals surface area (Å²) < 4.78 is 9.60. The minimum absolute atomic E-state index is 0.287. The van der Waals surface area contributed by atoms with Gasteiger partial charge < -0.3 is 0 Å². The van der Waals surface area contributed by atoms with E-state index < -0.39 is 0 Å². The highest BCUT2D eigenvalue weighted by molar-refractivity contribution is 7.90. The van der Waals surface area contributed by atoms with Gasteiger partial charge in [-0.05, 0) is 6.92 Å². The van der Waals surface area contributed by atoms with Gasteiger partial charge in [-0.2, -0.15) is 0 Å². The lowest BCUT2D eigenvalue weighted by molar-refractivity contribution is 0.264. The third-order valence-corrected chi connectivity index (χ3v) is 1.19. The summed E-state index contributed by atoms with van der Waals surface area (Å²) in [5.41, 5.74) is 0. The van der Waals surface area contributed by atoms with E-state index in [1.165, 1.54) is 0 Å². The topological polar surface area (TPSA) is 18.5 Å². The molecule has 0 unspecified atom stereocenters. The molecule has 0 spiro atoms. The molecule has 1 saturated heterocycles. The van der Waals surface area contributed by atoms with Crippen LogP contribution in [0.2, 0.25) is 0 Å². The van der Waals surface area contributed by atoms with Gasteiger partial charge in [0.25, 0.3) is 0 Å². The molecule has 1 fully saturated rings. The normalized spacial score (nSPS) is 26.6. The van der Waals surface area contributed by atoms with Crippen molar-refractivity contribution < 1.29 is 8.37 Å². The van der Waals surface area contributed by atoms with Crippen LogP contribution in [0.25, 0.3) is 0 Å². The lowest BCUT2D eigenvalue weighted by atomic mass is 10.5. The van der Waals surface area contributed by atoms with E-state index in [1.807, 2.05) is 20.8 Å². The lowest BCUT2D eigenvalue weighted by Gasteiger charge is -1.87. The van der Waals surface area contributed by atoms with Crippen molar-refractivity contribution in [2.75, 3.05) is 6.61 Å². The first-order chi connectivity index (χ1) is 3.89.